The number of pyridine rings is 1. The molecule has 0 saturated carbocycles. The summed E-state index contributed by atoms with van der Waals surface area (Å²) in [4.78, 5) is 14.4. The highest BCUT2D eigenvalue weighted by atomic mass is 35.5. The van der Waals surface area contributed by atoms with Crippen LogP contribution in [0.4, 0.5) is 4.39 Å². The molecule has 13 heavy (non-hydrogen) atoms. The van der Waals surface area contributed by atoms with Crippen LogP contribution in [-0.2, 0) is 4.79 Å². The van der Waals surface area contributed by atoms with Crippen LogP contribution in [0.5, 0.6) is 0 Å². The lowest BCUT2D eigenvalue weighted by Crippen LogP contribution is -2.19. The third-order valence-electron chi connectivity index (χ3n) is 1.61. The van der Waals surface area contributed by atoms with Gasteiger partial charge in [0.15, 0.2) is 5.78 Å². The van der Waals surface area contributed by atoms with E-state index in [1.165, 1.54) is 6.92 Å². The van der Waals surface area contributed by atoms with E-state index in [-0.39, 0.29) is 16.5 Å². The molecular weight excluding hydrogens is 195 g/mol. The van der Waals surface area contributed by atoms with E-state index in [1.807, 2.05) is 0 Å². The molecule has 2 N–H and O–H groups in total. The monoisotopic (exact) mass is 202 g/mol. The lowest BCUT2D eigenvalue weighted by molar-refractivity contribution is -0.118. The maximum absolute atomic E-state index is 12.7. The summed E-state index contributed by atoms with van der Waals surface area (Å²) in [6.07, 6.45) is 0.971. The molecule has 0 saturated heterocycles. The van der Waals surface area contributed by atoms with Gasteiger partial charge in [0.05, 0.1) is 12.2 Å². The number of nitrogens with two attached hydrogens (primary N) is 1. The van der Waals surface area contributed by atoms with E-state index in [9.17, 15) is 9.18 Å². The van der Waals surface area contributed by atoms with Crippen LogP contribution in [0, 0.1) is 5.82 Å². The van der Waals surface area contributed by atoms with E-state index in [1.54, 1.807) is 0 Å². The first-order valence-corrected chi connectivity index (χ1v) is 3.97. The quantitative estimate of drug-likeness (QED) is 0.739. The molecule has 0 aliphatic rings. The normalized spacial score (nSPS) is 12.6. The molecule has 0 fully saturated rings. The summed E-state index contributed by atoms with van der Waals surface area (Å²) >= 11 is 5.63. The SMILES string of the molecule is CC(=O)C(N)c1cc(F)cnc1Cl. The summed E-state index contributed by atoms with van der Waals surface area (Å²) in [5, 5.41) is 0.0594. The fourth-order valence-electron chi connectivity index (χ4n) is 0.875. The standard InChI is InChI=1S/C8H8ClFN2O/c1-4(13)7(11)6-2-5(10)3-12-8(6)9/h2-3,7H,11H2,1H3. The molecule has 0 aliphatic heterocycles. The zero-order valence-corrected chi connectivity index (χ0v) is 7.68. The summed E-state index contributed by atoms with van der Waals surface area (Å²) < 4.78 is 12.7. The summed E-state index contributed by atoms with van der Waals surface area (Å²) in [6.45, 7) is 1.31. The molecule has 1 atom stereocenters. The van der Waals surface area contributed by atoms with Gasteiger partial charge < -0.3 is 5.73 Å². The summed E-state index contributed by atoms with van der Waals surface area (Å²) in [7, 11) is 0. The Labute approximate surface area is 79.7 Å². The molecule has 1 heterocycles. The molecule has 1 unspecified atom stereocenters. The molecule has 0 aromatic carbocycles. The molecular formula is C8H8ClFN2O. The topological polar surface area (TPSA) is 56.0 Å². The average Bonchev–Trinajstić information content (AvgIpc) is 2.08. The molecule has 70 valence electrons. The van der Waals surface area contributed by atoms with Crippen molar-refractivity contribution in [2.75, 3.05) is 0 Å². The van der Waals surface area contributed by atoms with E-state index >= 15 is 0 Å². The third-order valence-corrected chi connectivity index (χ3v) is 1.92. The van der Waals surface area contributed by atoms with Gasteiger partial charge in [-0.15, -0.1) is 0 Å². The maximum atomic E-state index is 12.7. The van der Waals surface area contributed by atoms with Gasteiger partial charge in [0.1, 0.15) is 11.0 Å². The van der Waals surface area contributed by atoms with E-state index < -0.39 is 11.9 Å². The first-order chi connectivity index (χ1) is 6.02. The van der Waals surface area contributed by atoms with Gasteiger partial charge in [-0.3, -0.25) is 4.79 Å². The van der Waals surface area contributed by atoms with Gasteiger partial charge >= 0.3 is 0 Å². The van der Waals surface area contributed by atoms with Crippen molar-refractivity contribution < 1.29 is 9.18 Å². The largest absolute Gasteiger partial charge is 0.318 e. The highest BCUT2D eigenvalue weighted by Gasteiger charge is 2.15. The minimum absolute atomic E-state index is 0.0594. The van der Waals surface area contributed by atoms with Crippen molar-refractivity contribution in [3.05, 3.63) is 28.8 Å². The second-order valence-corrected chi connectivity index (χ2v) is 2.98. The molecule has 1 aromatic heterocycles. The Balaban J connectivity index is 3.12. The van der Waals surface area contributed by atoms with E-state index in [4.69, 9.17) is 17.3 Å². The van der Waals surface area contributed by atoms with Crippen molar-refractivity contribution in [2.45, 2.75) is 13.0 Å². The van der Waals surface area contributed by atoms with Crippen molar-refractivity contribution >= 4 is 17.4 Å². The molecule has 0 amide bonds. The van der Waals surface area contributed by atoms with Crippen molar-refractivity contribution in [1.29, 1.82) is 0 Å². The van der Waals surface area contributed by atoms with E-state index in [0.717, 1.165) is 12.3 Å². The van der Waals surface area contributed by atoms with Gasteiger partial charge in [-0.1, -0.05) is 11.6 Å². The zero-order chi connectivity index (χ0) is 10.0. The van der Waals surface area contributed by atoms with E-state index in [2.05, 4.69) is 4.98 Å². The van der Waals surface area contributed by atoms with Crippen LogP contribution in [0.25, 0.3) is 0 Å². The van der Waals surface area contributed by atoms with Gasteiger partial charge in [-0.2, -0.15) is 0 Å². The average molecular weight is 203 g/mol. The first kappa shape index (κ1) is 10.1. The number of Topliss-reactive ketones (excluding diaryl/α,β-unsaturated/α-hetero) is 1. The van der Waals surface area contributed by atoms with Gasteiger partial charge in [0.25, 0.3) is 0 Å². The Hall–Kier alpha value is -1.00. The molecule has 1 aromatic rings. The van der Waals surface area contributed by atoms with E-state index in [0.29, 0.717) is 0 Å². The lowest BCUT2D eigenvalue weighted by Gasteiger charge is -2.08. The van der Waals surface area contributed by atoms with Gasteiger partial charge in [0.2, 0.25) is 0 Å². The molecule has 0 spiro atoms. The predicted octanol–water partition coefficient (Wildman–Crippen LogP) is 1.46. The summed E-state index contributed by atoms with van der Waals surface area (Å²) in [5.74, 6) is -0.842. The third kappa shape index (κ3) is 2.23. The predicted molar refractivity (Wildman–Crippen MR) is 46.8 cm³/mol. The number of ketones is 1. The van der Waals surface area contributed by atoms with Crippen molar-refractivity contribution in [3.63, 3.8) is 0 Å². The number of rotatable bonds is 2. The van der Waals surface area contributed by atoms with Crippen molar-refractivity contribution in [3.8, 4) is 0 Å². The van der Waals surface area contributed by atoms with Gasteiger partial charge in [-0.25, -0.2) is 9.37 Å². The second kappa shape index (κ2) is 3.81. The van der Waals surface area contributed by atoms with Gasteiger partial charge in [-0.05, 0) is 13.0 Å². The van der Waals surface area contributed by atoms with Crippen LogP contribution in [0.3, 0.4) is 0 Å². The molecule has 0 radical (unpaired) electrons. The lowest BCUT2D eigenvalue weighted by atomic mass is 10.1. The fraction of sp³-hybridized carbons (Fsp3) is 0.250. The molecule has 0 aliphatic carbocycles. The Bertz CT molecular complexity index is 343. The minimum Gasteiger partial charge on any atom is -0.318 e. The molecule has 0 bridgehead atoms. The van der Waals surface area contributed by atoms with Crippen molar-refractivity contribution in [2.24, 2.45) is 5.73 Å². The highest BCUT2D eigenvalue weighted by molar-refractivity contribution is 6.30. The van der Waals surface area contributed by atoms with Crippen molar-refractivity contribution in [1.82, 2.24) is 4.98 Å². The van der Waals surface area contributed by atoms with Crippen LogP contribution < -0.4 is 5.73 Å². The smallest absolute Gasteiger partial charge is 0.151 e. The number of nitrogens with zero attached hydrogens (tertiary/aromatic N) is 1. The number of carbonyl (C=O) groups excluding carboxylic acids is 1. The number of carbonyl (C=O) groups is 1. The first-order valence-electron chi connectivity index (χ1n) is 3.59. The number of hydrogen-bond acceptors (Lipinski definition) is 3. The highest BCUT2D eigenvalue weighted by Crippen LogP contribution is 2.20. The van der Waals surface area contributed by atoms with Crippen LogP contribution in [-0.4, -0.2) is 10.8 Å². The van der Waals surface area contributed by atoms with Gasteiger partial charge in [0, 0.05) is 5.56 Å². The van der Waals surface area contributed by atoms with Crippen LogP contribution in [0.1, 0.15) is 18.5 Å². The maximum Gasteiger partial charge on any atom is 0.151 e. The fourth-order valence-corrected chi connectivity index (χ4v) is 1.10. The Morgan fingerprint density at radius 1 is 1.77 bits per heavy atom. The van der Waals surface area contributed by atoms with Crippen LogP contribution in [0.2, 0.25) is 5.15 Å². The number of halogens is 2. The molecule has 1 rings (SSSR count). The number of hydrogen-bond donors (Lipinski definition) is 1. The Morgan fingerprint density at radius 2 is 2.38 bits per heavy atom. The second-order valence-electron chi connectivity index (χ2n) is 2.62. The van der Waals surface area contributed by atoms with Crippen LogP contribution in [0.15, 0.2) is 12.3 Å². The number of aromatic nitrogens is 1. The van der Waals surface area contributed by atoms with Crippen LogP contribution >= 0.6 is 11.6 Å². The Morgan fingerprint density at radius 3 is 2.92 bits per heavy atom. The molecule has 5 heteroatoms. The molecule has 3 nitrogen and oxygen atoms in total. The zero-order valence-electron chi connectivity index (χ0n) is 6.92. The summed E-state index contributed by atoms with van der Waals surface area (Å²) in [6, 6.07) is 0.206. The minimum atomic E-state index is -0.907. The summed E-state index contributed by atoms with van der Waals surface area (Å²) in [5.41, 5.74) is 5.68. The Kier molecular flexibility index (Phi) is 2.95.